The Morgan fingerprint density at radius 2 is 1.83 bits per heavy atom. The standard InChI is InChI=1S/C33H36N4O5/c1-35(18-20-7-6-16-36-15-5-4-8-25(20)36)28(38)19-42-21-9-10-22-23-13-14-34-30-24-11-12-27(40-2)32(41-3)29(24)33(39)37(31(23)30)26(22)17-21/h9-14,17,20,25H,4-8,15-16,18-19H2,1-3H3/t20-,25+/m0/s1. The summed E-state index contributed by atoms with van der Waals surface area (Å²) in [6, 6.07) is 11.8. The predicted octanol–water partition coefficient (Wildman–Crippen LogP) is 4.71. The Balaban J connectivity index is 1.20. The van der Waals surface area contributed by atoms with Gasteiger partial charge in [-0.15, -0.1) is 0 Å². The highest BCUT2D eigenvalue weighted by molar-refractivity contribution is 6.19. The van der Waals surface area contributed by atoms with E-state index in [4.69, 9.17) is 14.2 Å². The van der Waals surface area contributed by atoms with E-state index in [2.05, 4.69) is 9.88 Å². The molecule has 2 saturated heterocycles. The fraction of sp³-hybridized carbons (Fsp3) is 0.424. The van der Waals surface area contributed by atoms with E-state index in [1.807, 2.05) is 42.3 Å². The summed E-state index contributed by atoms with van der Waals surface area (Å²) in [4.78, 5) is 36.3. The molecular weight excluding hydrogens is 532 g/mol. The van der Waals surface area contributed by atoms with Gasteiger partial charge >= 0.3 is 0 Å². The predicted molar refractivity (Wildman–Crippen MR) is 163 cm³/mol. The quantitative estimate of drug-likeness (QED) is 0.263. The number of piperidine rings is 2. The molecule has 2 fully saturated rings. The van der Waals surface area contributed by atoms with Gasteiger partial charge in [-0.25, -0.2) is 0 Å². The second-order valence-corrected chi connectivity index (χ2v) is 11.7. The van der Waals surface area contributed by atoms with Gasteiger partial charge in [0.05, 0.1) is 36.2 Å². The highest BCUT2D eigenvalue weighted by Crippen LogP contribution is 2.39. The van der Waals surface area contributed by atoms with E-state index in [0.29, 0.717) is 51.0 Å². The number of rotatable bonds is 7. The lowest BCUT2D eigenvalue weighted by Gasteiger charge is -2.45. The van der Waals surface area contributed by atoms with Gasteiger partial charge in [0.15, 0.2) is 18.1 Å². The summed E-state index contributed by atoms with van der Waals surface area (Å²) in [5, 5.41) is 2.95. The molecule has 2 aromatic carbocycles. The molecule has 5 aromatic rings. The summed E-state index contributed by atoms with van der Waals surface area (Å²) in [6.45, 7) is 3.07. The molecule has 9 heteroatoms. The van der Waals surface area contributed by atoms with E-state index in [1.54, 1.807) is 23.8 Å². The molecule has 0 radical (unpaired) electrons. The monoisotopic (exact) mass is 568 g/mol. The Morgan fingerprint density at radius 3 is 2.67 bits per heavy atom. The molecule has 0 N–H and O–H groups in total. The van der Waals surface area contributed by atoms with Crippen molar-refractivity contribution in [2.45, 2.75) is 38.1 Å². The first-order chi connectivity index (χ1) is 20.5. The molecule has 218 valence electrons. The lowest BCUT2D eigenvalue weighted by molar-refractivity contribution is -0.133. The maximum Gasteiger partial charge on any atom is 0.267 e. The number of hydrogen-bond donors (Lipinski definition) is 0. The normalized spacial score (nSPS) is 19.4. The maximum atomic E-state index is 14.1. The van der Waals surface area contributed by atoms with Crippen molar-refractivity contribution in [2.24, 2.45) is 5.92 Å². The van der Waals surface area contributed by atoms with Gasteiger partial charge in [0.1, 0.15) is 5.75 Å². The van der Waals surface area contributed by atoms with E-state index in [1.165, 1.54) is 52.3 Å². The number of carbonyl (C=O) groups is 1. The molecular formula is C33H36N4O5. The third-order valence-corrected chi connectivity index (χ3v) is 9.39. The zero-order chi connectivity index (χ0) is 29.0. The molecule has 3 aromatic heterocycles. The Kier molecular flexibility index (Phi) is 6.77. The topological polar surface area (TPSA) is 85.6 Å². The van der Waals surface area contributed by atoms with Crippen LogP contribution in [0.25, 0.3) is 38.1 Å². The fourth-order valence-corrected chi connectivity index (χ4v) is 7.39. The summed E-state index contributed by atoms with van der Waals surface area (Å²) in [6.07, 6.45) is 7.93. The van der Waals surface area contributed by atoms with Crippen LogP contribution in [0, 0.1) is 5.92 Å². The van der Waals surface area contributed by atoms with E-state index in [0.717, 1.165) is 22.8 Å². The highest BCUT2D eigenvalue weighted by atomic mass is 16.5. The highest BCUT2D eigenvalue weighted by Gasteiger charge is 2.34. The van der Waals surface area contributed by atoms with Crippen LogP contribution in [-0.2, 0) is 4.79 Å². The number of carbonyl (C=O) groups excluding carboxylic acids is 1. The largest absolute Gasteiger partial charge is 0.493 e. The number of pyridine rings is 2. The number of benzene rings is 2. The third kappa shape index (κ3) is 4.21. The molecule has 7 rings (SSSR count). The second-order valence-electron chi connectivity index (χ2n) is 11.7. The molecule has 0 aliphatic carbocycles. The summed E-state index contributed by atoms with van der Waals surface area (Å²) >= 11 is 0. The minimum absolute atomic E-state index is 0.0435. The number of amides is 1. The first-order valence-corrected chi connectivity index (χ1v) is 14.8. The smallest absolute Gasteiger partial charge is 0.267 e. The van der Waals surface area contributed by atoms with Crippen LogP contribution >= 0.6 is 0 Å². The number of ether oxygens (including phenoxy) is 3. The van der Waals surface area contributed by atoms with Gasteiger partial charge in [-0.1, -0.05) is 6.42 Å². The second kappa shape index (κ2) is 10.6. The van der Waals surface area contributed by atoms with Crippen LogP contribution in [0.15, 0.2) is 47.4 Å². The molecule has 0 saturated carbocycles. The van der Waals surface area contributed by atoms with Gasteiger partial charge in [-0.3, -0.25) is 19.0 Å². The number of aromatic nitrogens is 2. The van der Waals surface area contributed by atoms with Crippen molar-refractivity contribution < 1.29 is 19.0 Å². The third-order valence-electron chi connectivity index (χ3n) is 9.39. The number of fused-ring (bicyclic) bond motifs is 6. The minimum Gasteiger partial charge on any atom is -0.493 e. The summed E-state index contributed by atoms with van der Waals surface area (Å²) in [5.41, 5.74) is 1.92. The zero-order valence-electron chi connectivity index (χ0n) is 24.4. The zero-order valence-corrected chi connectivity index (χ0v) is 24.4. The Bertz CT molecular complexity index is 1870. The molecule has 9 nitrogen and oxygen atoms in total. The van der Waals surface area contributed by atoms with Crippen molar-refractivity contribution in [2.75, 3.05) is 47.5 Å². The van der Waals surface area contributed by atoms with E-state index < -0.39 is 0 Å². The Labute approximate surface area is 243 Å². The van der Waals surface area contributed by atoms with Gasteiger partial charge in [0, 0.05) is 48.1 Å². The molecule has 0 spiro atoms. The van der Waals surface area contributed by atoms with Crippen molar-refractivity contribution in [1.82, 2.24) is 19.2 Å². The number of methoxy groups -OCH3 is 2. The van der Waals surface area contributed by atoms with Crippen LogP contribution in [0.2, 0.25) is 0 Å². The van der Waals surface area contributed by atoms with Gasteiger partial charge in [0.25, 0.3) is 11.5 Å². The molecule has 5 heterocycles. The SMILES string of the molecule is COc1ccc2c(c1OC)c(=O)n1c3cc(OCC(=O)N(C)C[C@@H]4CCCN5CCCC[C@H]45)ccc3c3ccnc2c31. The molecule has 42 heavy (non-hydrogen) atoms. The lowest BCUT2D eigenvalue weighted by Crippen LogP contribution is -2.51. The van der Waals surface area contributed by atoms with Gasteiger partial charge in [0.2, 0.25) is 0 Å². The average Bonchev–Trinajstić information content (AvgIpc) is 3.36. The van der Waals surface area contributed by atoms with Crippen molar-refractivity contribution in [3.8, 4) is 17.2 Å². The number of likely N-dealkylation sites (N-methyl/N-ethyl adjacent to an activating group) is 1. The van der Waals surface area contributed by atoms with Crippen molar-refractivity contribution in [1.29, 1.82) is 0 Å². The Morgan fingerprint density at radius 1 is 1.00 bits per heavy atom. The van der Waals surface area contributed by atoms with Crippen molar-refractivity contribution in [3.63, 3.8) is 0 Å². The molecule has 2 aliphatic heterocycles. The van der Waals surface area contributed by atoms with E-state index in [-0.39, 0.29) is 18.1 Å². The van der Waals surface area contributed by atoms with Crippen molar-refractivity contribution >= 4 is 44.0 Å². The van der Waals surface area contributed by atoms with Gasteiger partial charge < -0.3 is 24.0 Å². The van der Waals surface area contributed by atoms with Crippen LogP contribution in [0.4, 0.5) is 0 Å². The molecule has 2 aliphatic rings. The minimum atomic E-state index is -0.224. The summed E-state index contributed by atoms with van der Waals surface area (Å²) in [5.74, 6) is 1.86. The molecule has 2 atom stereocenters. The molecule has 1 amide bonds. The number of nitrogens with zero attached hydrogens (tertiary/aromatic N) is 4. The van der Waals surface area contributed by atoms with Crippen molar-refractivity contribution in [3.05, 3.63) is 52.9 Å². The van der Waals surface area contributed by atoms with Gasteiger partial charge in [-0.2, -0.15) is 0 Å². The van der Waals surface area contributed by atoms with Crippen LogP contribution in [0.5, 0.6) is 17.2 Å². The maximum absolute atomic E-state index is 14.1. The lowest BCUT2D eigenvalue weighted by atomic mass is 9.83. The van der Waals surface area contributed by atoms with Gasteiger partial charge in [-0.05, 0) is 75.0 Å². The summed E-state index contributed by atoms with van der Waals surface area (Å²) in [7, 11) is 4.96. The number of hydrogen-bond acceptors (Lipinski definition) is 7. The first kappa shape index (κ1) is 26.8. The first-order valence-electron chi connectivity index (χ1n) is 14.8. The average molecular weight is 569 g/mol. The summed E-state index contributed by atoms with van der Waals surface area (Å²) < 4.78 is 18.8. The van der Waals surface area contributed by atoms with Crippen LogP contribution in [-0.4, -0.2) is 78.6 Å². The van der Waals surface area contributed by atoms with Crippen LogP contribution in [0.1, 0.15) is 32.1 Å². The fourth-order valence-electron chi connectivity index (χ4n) is 7.39. The Hall–Kier alpha value is -4.11. The van der Waals surface area contributed by atoms with Crippen LogP contribution < -0.4 is 19.8 Å². The van der Waals surface area contributed by atoms with Crippen LogP contribution in [0.3, 0.4) is 0 Å². The molecule has 0 unspecified atom stereocenters. The van der Waals surface area contributed by atoms with E-state index >= 15 is 0 Å². The molecule has 0 bridgehead atoms. The van der Waals surface area contributed by atoms with E-state index in [9.17, 15) is 9.59 Å².